The summed E-state index contributed by atoms with van der Waals surface area (Å²) in [6.45, 7) is 8.37. The van der Waals surface area contributed by atoms with Crippen LogP contribution in [0, 0.1) is 5.92 Å². The molecule has 1 fully saturated rings. The molecular weight excluding hydrogens is 503 g/mol. The number of fused-ring (bicyclic) bond motifs is 13. The summed E-state index contributed by atoms with van der Waals surface area (Å²) in [7, 11) is -0.482. The van der Waals surface area contributed by atoms with E-state index in [2.05, 4.69) is 131 Å². The van der Waals surface area contributed by atoms with E-state index in [9.17, 15) is 0 Å². The summed E-state index contributed by atoms with van der Waals surface area (Å²) in [6, 6.07) is 29.1. The topological polar surface area (TPSA) is 31.6 Å². The van der Waals surface area contributed by atoms with Gasteiger partial charge < -0.3 is 13.7 Å². The summed E-state index contributed by atoms with van der Waals surface area (Å²) in [5.74, 6) is 0.644. The Labute approximate surface area is 240 Å². The molecule has 200 valence electrons. The van der Waals surface area contributed by atoms with Crippen molar-refractivity contribution in [2.75, 3.05) is 0 Å². The third kappa shape index (κ3) is 2.82. The largest absolute Gasteiger partial charge is 0.498 e. The van der Waals surface area contributed by atoms with Crippen LogP contribution in [0.25, 0.3) is 33.1 Å². The summed E-state index contributed by atoms with van der Waals surface area (Å²) >= 11 is 0. The Balaban J connectivity index is 1.32. The van der Waals surface area contributed by atoms with Crippen molar-refractivity contribution in [1.29, 1.82) is 0 Å². The molecule has 3 atom stereocenters. The van der Waals surface area contributed by atoms with Crippen LogP contribution >= 0.6 is 0 Å². The highest BCUT2D eigenvalue weighted by Gasteiger charge is 2.57. The highest BCUT2D eigenvalue weighted by atomic mass is 16.7. The van der Waals surface area contributed by atoms with Gasteiger partial charge in [-0.1, -0.05) is 91.0 Å². The fourth-order valence-corrected chi connectivity index (χ4v) is 8.07. The molecule has 0 bridgehead atoms. The molecule has 41 heavy (non-hydrogen) atoms. The van der Waals surface area contributed by atoms with E-state index < -0.39 is 18.3 Å². The fourth-order valence-electron chi connectivity index (χ4n) is 8.07. The third-order valence-electron chi connectivity index (χ3n) is 10.6. The summed E-state index contributed by atoms with van der Waals surface area (Å²) in [5, 5.41) is 2.23. The summed E-state index contributed by atoms with van der Waals surface area (Å²) in [5.41, 5.74) is 9.77. The molecule has 4 aliphatic rings. The van der Waals surface area contributed by atoms with E-state index in [0.29, 0.717) is 11.8 Å². The Morgan fingerprint density at radius 2 is 1.39 bits per heavy atom. The Bertz CT molecular complexity index is 1980. The van der Waals surface area contributed by atoms with Crippen molar-refractivity contribution in [2.24, 2.45) is 5.92 Å². The van der Waals surface area contributed by atoms with Gasteiger partial charge in [-0.05, 0) is 73.2 Å². The van der Waals surface area contributed by atoms with Crippen LogP contribution in [0.15, 0.2) is 108 Å². The molecule has 2 heterocycles. The normalized spacial score (nSPS) is 26.1. The minimum Gasteiger partial charge on any atom is -0.456 e. The highest BCUT2D eigenvalue weighted by molar-refractivity contribution is 6.65. The van der Waals surface area contributed by atoms with Gasteiger partial charge in [-0.15, -0.1) is 0 Å². The third-order valence-corrected chi connectivity index (χ3v) is 10.6. The lowest BCUT2D eigenvalue weighted by Crippen LogP contribution is -2.41. The predicted octanol–water partition coefficient (Wildman–Crippen LogP) is 8.04. The van der Waals surface area contributed by atoms with Crippen molar-refractivity contribution in [1.82, 2.24) is 0 Å². The van der Waals surface area contributed by atoms with E-state index in [1.54, 1.807) is 0 Å². The minimum atomic E-state index is -0.482. The Hall–Kier alpha value is -3.86. The molecule has 0 N–H and O–H groups in total. The van der Waals surface area contributed by atoms with Crippen molar-refractivity contribution in [2.45, 2.75) is 50.2 Å². The first-order valence-corrected chi connectivity index (χ1v) is 14.7. The number of para-hydroxylation sites is 1. The Morgan fingerprint density at radius 1 is 0.659 bits per heavy atom. The van der Waals surface area contributed by atoms with Gasteiger partial charge in [0.1, 0.15) is 11.2 Å². The van der Waals surface area contributed by atoms with Crippen LogP contribution < -0.4 is 5.46 Å². The van der Waals surface area contributed by atoms with Crippen molar-refractivity contribution in [3.63, 3.8) is 0 Å². The lowest BCUT2D eigenvalue weighted by Gasteiger charge is -2.36. The molecule has 4 heteroatoms. The number of hydrogen-bond donors (Lipinski definition) is 0. The molecule has 3 unspecified atom stereocenters. The van der Waals surface area contributed by atoms with E-state index in [0.717, 1.165) is 27.4 Å². The first-order chi connectivity index (χ1) is 19.8. The maximum absolute atomic E-state index is 6.79. The van der Waals surface area contributed by atoms with E-state index in [1.807, 2.05) is 0 Å². The zero-order valence-electron chi connectivity index (χ0n) is 23.8. The van der Waals surface area contributed by atoms with Gasteiger partial charge in [0.05, 0.1) is 16.6 Å². The predicted molar refractivity (Wildman–Crippen MR) is 166 cm³/mol. The summed E-state index contributed by atoms with van der Waals surface area (Å²) in [6.07, 6.45) is 9.25. The second kappa shape index (κ2) is 7.70. The number of furan rings is 1. The zero-order chi connectivity index (χ0) is 27.7. The quantitative estimate of drug-likeness (QED) is 0.204. The molecule has 3 aliphatic carbocycles. The van der Waals surface area contributed by atoms with Gasteiger partial charge in [0.2, 0.25) is 0 Å². The van der Waals surface area contributed by atoms with Crippen LogP contribution in [0.5, 0.6) is 0 Å². The molecule has 9 rings (SSSR count). The van der Waals surface area contributed by atoms with E-state index in [1.165, 1.54) is 33.4 Å². The molecule has 1 aromatic heterocycles. The zero-order valence-corrected chi connectivity index (χ0v) is 23.8. The van der Waals surface area contributed by atoms with Gasteiger partial charge in [0.25, 0.3) is 0 Å². The van der Waals surface area contributed by atoms with Gasteiger partial charge in [-0.25, -0.2) is 0 Å². The number of allylic oxidation sites excluding steroid dienone is 4. The summed E-state index contributed by atoms with van der Waals surface area (Å²) in [4.78, 5) is 0. The number of hydrogen-bond acceptors (Lipinski definition) is 3. The fraction of sp³-hybridized carbons (Fsp3) is 0.243. The molecular formula is C37H31BO3. The smallest absolute Gasteiger partial charge is 0.456 e. The molecule has 5 aromatic rings. The van der Waals surface area contributed by atoms with Gasteiger partial charge in [0, 0.05) is 28.1 Å². The SMILES string of the molecule is CC1(C)OB(c2cccc3c2oc2cc4c(cc23)-c2ccccc2C42c3ccccc3C3C=CC=CC32)OC1(C)C. The highest BCUT2D eigenvalue weighted by Crippen LogP contribution is 2.65. The first-order valence-electron chi connectivity index (χ1n) is 14.7. The van der Waals surface area contributed by atoms with Crippen LogP contribution in [0.1, 0.15) is 55.9 Å². The molecule has 3 nitrogen and oxygen atoms in total. The molecule has 4 aromatic carbocycles. The maximum Gasteiger partial charge on any atom is 0.498 e. The number of benzene rings is 4. The van der Waals surface area contributed by atoms with Gasteiger partial charge in [0.15, 0.2) is 0 Å². The second-order valence-electron chi connectivity index (χ2n) is 13.1. The molecule has 1 aliphatic heterocycles. The lowest BCUT2D eigenvalue weighted by molar-refractivity contribution is 0.00578. The average Bonchev–Trinajstić information content (AvgIpc) is 3.64. The van der Waals surface area contributed by atoms with Crippen molar-refractivity contribution >= 4 is 34.5 Å². The molecule has 1 spiro atoms. The molecule has 0 amide bonds. The van der Waals surface area contributed by atoms with E-state index in [4.69, 9.17) is 13.7 Å². The van der Waals surface area contributed by atoms with Crippen molar-refractivity contribution in [3.05, 3.63) is 125 Å². The maximum atomic E-state index is 6.79. The van der Waals surface area contributed by atoms with Crippen molar-refractivity contribution in [3.8, 4) is 11.1 Å². The van der Waals surface area contributed by atoms with Crippen LogP contribution in [0.2, 0.25) is 0 Å². The van der Waals surface area contributed by atoms with Crippen LogP contribution in [-0.2, 0) is 14.7 Å². The Kier molecular flexibility index (Phi) is 4.47. The van der Waals surface area contributed by atoms with E-state index in [-0.39, 0.29) is 5.41 Å². The average molecular weight is 534 g/mol. The van der Waals surface area contributed by atoms with Gasteiger partial charge in [-0.3, -0.25) is 0 Å². The monoisotopic (exact) mass is 534 g/mol. The van der Waals surface area contributed by atoms with Crippen molar-refractivity contribution < 1.29 is 13.7 Å². The van der Waals surface area contributed by atoms with Gasteiger partial charge >= 0.3 is 7.12 Å². The Morgan fingerprint density at radius 3 is 2.22 bits per heavy atom. The molecule has 0 saturated carbocycles. The minimum absolute atomic E-state index is 0.268. The molecule has 0 radical (unpaired) electrons. The standard InChI is InChI=1S/C37H31BO3/c1-35(2)36(3,4)41-38(40-35)32-19-11-15-25-27-20-26-24-14-7-10-18-30(24)37(31(26)21-33(27)39-34(25)32)28-16-8-5-12-22(28)23-13-6-9-17-29(23)37/h5-22,28H,1-4H3. The second-order valence-corrected chi connectivity index (χ2v) is 13.1. The first kappa shape index (κ1) is 23.8. The van der Waals surface area contributed by atoms with Crippen LogP contribution in [-0.4, -0.2) is 18.3 Å². The lowest BCUT2D eigenvalue weighted by atomic mass is 9.65. The van der Waals surface area contributed by atoms with Crippen LogP contribution in [0.4, 0.5) is 0 Å². The number of rotatable bonds is 1. The van der Waals surface area contributed by atoms with Gasteiger partial charge in [-0.2, -0.15) is 0 Å². The van der Waals surface area contributed by atoms with Crippen LogP contribution in [0.3, 0.4) is 0 Å². The van der Waals surface area contributed by atoms with E-state index >= 15 is 0 Å². The summed E-state index contributed by atoms with van der Waals surface area (Å²) < 4.78 is 19.7. The molecule has 1 saturated heterocycles.